The number of aliphatic hydroxyl groups is 4. The smallest absolute Gasteiger partial charge is 0.306 e. The highest BCUT2D eigenvalue weighted by Crippen LogP contribution is 2.69. The third-order valence-corrected chi connectivity index (χ3v) is 6.72. The van der Waals surface area contributed by atoms with E-state index in [-0.39, 0.29) is 12.8 Å². The standard InChI is InChI=1S/C15H22O7/c1-11-7-22-10(18)6-14(5-8(16)13(11,3)20)12(2,19)4-9(17)15(11,14)21/h9,17,19-21H,4-7H2,1-3H3/t9-,11+,12-,13-,14+,15-/m0/s1. The first-order valence-electron chi connectivity index (χ1n) is 7.40. The van der Waals surface area contributed by atoms with E-state index in [1.54, 1.807) is 0 Å². The zero-order chi connectivity index (χ0) is 16.8. The lowest BCUT2D eigenvalue weighted by molar-refractivity contribution is -0.283. The van der Waals surface area contributed by atoms with Gasteiger partial charge in [-0.2, -0.15) is 0 Å². The van der Waals surface area contributed by atoms with Gasteiger partial charge in [0.25, 0.3) is 0 Å². The first-order valence-corrected chi connectivity index (χ1v) is 7.40. The van der Waals surface area contributed by atoms with Gasteiger partial charge in [-0.15, -0.1) is 0 Å². The molecule has 0 amide bonds. The predicted molar refractivity (Wildman–Crippen MR) is 72.6 cm³/mol. The van der Waals surface area contributed by atoms with E-state index in [1.165, 1.54) is 20.8 Å². The number of carbonyl (C=O) groups is 2. The third kappa shape index (κ3) is 1.33. The second kappa shape index (κ2) is 3.90. The summed E-state index contributed by atoms with van der Waals surface area (Å²) in [6, 6.07) is 0. The molecule has 0 radical (unpaired) electrons. The minimum atomic E-state index is -2.02. The fourth-order valence-corrected chi connectivity index (χ4v) is 4.96. The summed E-state index contributed by atoms with van der Waals surface area (Å²) in [5, 5.41) is 43.5. The summed E-state index contributed by atoms with van der Waals surface area (Å²) in [4.78, 5) is 24.6. The molecule has 3 fully saturated rings. The van der Waals surface area contributed by atoms with E-state index >= 15 is 0 Å². The van der Waals surface area contributed by atoms with Crippen LogP contribution in [0.15, 0.2) is 0 Å². The van der Waals surface area contributed by atoms with Crippen LogP contribution in [0.5, 0.6) is 0 Å². The van der Waals surface area contributed by atoms with Gasteiger partial charge in [0.2, 0.25) is 0 Å². The van der Waals surface area contributed by atoms with Gasteiger partial charge in [0.05, 0.1) is 23.5 Å². The monoisotopic (exact) mass is 314 g/mol. The Balaban J connectivity index is 2.37. The third-order valence-electron chi connectivity index (χ3n) is 6.72. The fraction of sp³-hybridized carbons (Fsp3) is 0.867. The molecular weight excluding hydrogens is 292 g/mol. The second-order valence-electron chi connectivity index (χ2n) is 7.68. The number of ketones is 1. The average molecular weight is 314 g/mol. The molecule has 4 N–H and O–H groups in total. The molecule has 1 saturated heterocycles. The first kappa shape index (κ1) is 15.9. The van der Waals surface area contributed by atoms with Crippen LogP contribution in [0.4, 0.5) is 0 Å². The predicted octanol–water partition coefficient (Wildman–Crippen LogP) is -1.10. The molecule has 3 rings (SSSR count). The van der Waals surface area contributed by atoms with Crippen molar-refractivity contribution >= 4 is 11.8 Å². The molecule has 0 aromatic rings. The van der Waals surface area contributed by atoms with Gasteiger partial charge in [0, 0.05) is 18.3 Å². The van der Waals surface area contributed by atoms with Crippen LogP contribution in [0.3, 0.4) is 0 Å². The maximum absolute atomic E-state index is 12.5. The Kier molecular flexibility index (Phi) is 2.81. The minimum Gasteiger partial charge on any atom is -0.465 e. The number of hydrogen-bond donors (Lipinski definition) is 4. The van der Waals surface area contributed by atoms with Crippen LogP contribution in [-0.4, -0.2) is 61.7 Å². The second-order valence-corrected chi connectivity index (χ2v) is 7.68. The van der Waals surface area contributed by atoms with Crippen LogP contribution in [0.2, 0.25) is 0 Å². The molecule has 7 nitrogen and oxygen atoms in total. The van der Waals surface area contributed by atoms with E-state index < -0.39 is 58.5 Å². The lowest BCUT2D eigenvalue weighted by atomic mass is 9.45. The Morgan fingerprint density at radius 2 is 1.68 bits per heavy atom. The van der Waals surface area contributed by atoms with Gasteiger partial charge < -0.3 is 25.2 Å². The van der Waals surface area contributed by atoms with Crippen molar-refractivity contribution in [2.45, 2.75) is 62.9 Å². The van der Waals surface area contributed by atoms with Crippen LogP contribution >= 0.6 is 0 Å². The Labute approximate surface area is 127 Å². The van der Waals surface area contributed by atoms with E-state index in [2.05, 4.69) is 0 Å². The highest BCUT2D eigenvalue weighted by molar-refractivity contribution is 5.92. The number of esters is 1. The van der Waals surface area contributed by atoms with E-state index in [1.807, 2.05) is 0 Å². The normalized spacial score (nSPS) is 58.0. The molecule has 7 heteroatoms. The van der Waals surface area contributed by atoms with Gasteiger partial charge in [0.1, 0.15) is 17.8 Å². The Bertz CT molecular complexity index is 568. The molecule has 6 atom stereocenters. The number of rotatable bonds is 0. The highest BCUT2D eigenvalue weighted by atomic mass is 16.5. The molecule has 1 heterocycles. The Morgan fingerprint density at radius 1 is 1.09 bits per heavy atom. The van der Waals surface area contributed by atoms with Crippen LogP contribution in [0.1, 0.15) is 40.0 Å². The van der Waals surface area contributed by atoms with Crippen molar-refractivity contribution in [1.82, 2.24) is 0 Å². The molecule has 124 valence electrons. The van der Waals surface area contributed by atoms with Gasteiger partial charge in [-0.25, -0.2) is 0 Å². The van der Waals surface area contributed by atoms with Crippen LogP contribution in [-0.2, 0) is 14.3 Å². The lowest BCUT2D eigenvalue weighted by Gasteiger charge is -2.61. The molecule has 0 aromatic carbocycles. The number of carbonyl (C=O) groups excluding carboxylic acids is 2. The maximum atomic E-state index is 12.5. The van der Waals surface area contributed by atoms with Crippen molar-refractivity contribution in [1.29, 1.82) is 0 Å². The Hall–Kier alpha value is -1.02. The number of aliphatic hydroxyl groups excluding tert-OH is 1. The molecule has 2 bridgehead atoms. The van der Waals surface area contributed by atoms with Crippen molar-refractivity contribution in [3.05, 3.63) is 0 Å². The summed E-state index contributed by atoms with van der Waals surface area (Å²) < 4.78 is 5.11. The summed E-state index contributed by atoms with van der Waals surface area (Å²) >= 11 is 0. The van der Waals surface area contributed by atoms with Crippen LogP contribution in [0, 0.1) is 10.8 Å². The van der Waals surface area contributed by atoms with E-state index in [0.717, 1.165) is 0 Å². The molecule has 0 unspecified atom stereocenters. The first-order chi connectivity index (χ1) is 9.86. The highest BCUT2D eigenvalue weighted by Gasteiger charge is 2.83. The summed E-state index contributed by atoms with van der Waals surface area (Å²) in [6.07, 6.45) is -2.35. The molecule has 2 saturated carbocycles. The molecule has 0 spiro atoms. The van der Waals surface area contributed by atoms with Gasteiger partial charge in [0.15, 0.2) is 5.78 Å². The van der Waals surface area contributed by atoms with Gasteiger partial charge >= 0.3 is 5.97 Å². The molecule has 0 aromatic heterocycles. The number of Topliss-reactive ketones (excluding diaryl/α,β-unsaturated/α-hetero) is 1. The molecular formula is C15H22O7. The van der Waals surface area contributed by atoms with Crippen molar-refractivity contribution in [2.24, 2.45) is 10.8 Å². The summed E-state index contributed by atoms with van der Waals surface area (Å²) in [6.45, 7) is 3.68. The Morgan fingerprint density at radius 3 is 2.27 bits per heavy atom. The van der Waals surface area contributed by atoms with Gasteiger partial charge in [-0.1, -0.05) is 6.92 Å². The maximum Gasteiger partial charge on any atom is 0.306 e. The topological polar surface area (TPSA) is 124 Å². The summed E-state index contributed by atoms with van der Waals surface area (Å²) in [5.41, 5.74) is -8.86. The number of ether oxygens (including phenoxy) is 1. The zero-order valence-electron chi connectivity index (χ0n) is 12.9. The molecule has 3 aliphatic rings. The van der Waals surface area contributed by atoms with Crippen molar-refractivity contribution in [3.63, 3.8) is 0 Å². The van der Waals surface area contributed by atoms with E-state index in [9.17, 15) is 30.0 Å². The zero-order valence-corrected chi connectivity index (χ0v) is 12.9. The lowest BCUT2D eigenvalue weighted by Crippen LogP contribution is -2.77. The van der Waals surface area contributed by atoms with Crippen LogP contribution in [0.25, 0.3) is 0 Å². The largest absolute Gasteiger partial charge is 0.465 e. The minimum absolute atomic E-state index is 0.185. The molecule has 22 heavy (non-hydrogen) atoms. The number of hydrogen-bond acceptors (Lipinski definition) is 7. The van der Waals surface area contributed by atoms with E-state index in [0.29, 0.717) is 0 Å². The van der Waals surface area contributed by atoms with E-state index in [4.69, 9.17) is 4.74 Å². The summed E-state index contributed by atoms with van der Waals surface area (Å²) in [5.74, 6) is -1.24. The van der Waals surface area contributed by atoms with Crippen molar-refractivity contribution < 1.29 is 34.8 Å². The average Bonchev–Trinajstić information content (AvgIpc) is 2.49. The molecule has 1 aliphatic heterocycles. The van der Waals surface area contributed by atoms with Crippen molar-refractivity contribution in [3.8, 4) is 0 Å². The summed E-state index contributed by atoms with van der Waals surface area (Å²) in [7, 11) is 0. The van der Waals surface area contributed by atoms with Crippen LogP contribution < -0.4 is 0 Å². The SMILES string of the molecule is C[C@@]12COC(=O)C[C@@]3(CC(=O)[C@]1(C)O)[C@]2(O)[C@@H](O)C[C@]3(C)O. The number of cyclic esters (lactones) is 1. The fourth-order valence-electron chi connectivity index (χ4n) is 4.96. The van der Waals surface area contributed by atoms with Crippen molar-refractivity contribution in [2.75, 3.05) is 6.61 Å². The van der Waals surface area contributed by atoms with Gasteiger partial charge in [-0.05, 0) is 13.8 Å². The van der Waals surface area contributed by atoms with Gasteiger partial charge in [-0.3, -0.25) is 9.59 Å². The molecule has 2 aliphatic carbocycles. The quantitative estimate of drug-likeness (QED) is 0.418.